The highest BCUT2D eigenvalue weighted by molar-refractivity contribution is 5.86. The number of carbonyl (C=O) groups is 3. The summed E-state index contributed by atoms with van der Waals surface area (Å²) in [7, 11) is 0. The van der Waals surface area contributed by atoms with Crippen LogP contribution in [-0.2, 0) is 28.6 Å². The topological polar surface area (TPSA) is 78.9 Å². The number of carbonyl (C=O) groups excluding carboxylic acids is 3. The third-order valence-electron chi connectivity index (χ3n) is 7.46. The molecule has 0 aromatic heterocycles. The summed E-state index contributed by atoms with van der Waals surface area (Å²) in [4.78, 5) is 38.1. The Hall–Kier alpha value is -2.01. The van der Waals surface area contributed by atoms with Crippen molar-refractivity contribution in [1.82, 2.24) is 0 Å². The minimum absolute atomic E-state index is 0.0874. The molecule has 34 heavy (non-hydrogen) atoms. The molecule has 2 saturated carbocycles. The molecule has 12 heteroatoms. The van der Waals surface area contributed by atoms with Crippen molar-refractivity contribution >= 4 is 17.9 Å². The summed E-state index contributed by atoms with van der Waals surface area (Å²) in [5.74, 6) is -7.86. The lowest BCUT2D eigenvalue weighted by molar-refractivity contribution is -0.315. The van der Waals surface area contributed by atoms with Gasteiger partial charge in [-0.2, -0.15) is 26.3 Å². The maximum atomic E-state index is 13.2. The van der Waals surface area contributed by atoms with E-state index in [4.69, 9.17) is 9.47 Å². The van der Waals surface area contributed by atoms with Crippen LogP contribution in [0.5, 0.6) is 0 Å². The van der Waals surface area contributed by atoms with E-state index in [-0.39, 0.29) is 18.3 Å². The molecule has 3 fully saturated rings. The van der Waals surface area contributed by atoms with E-state index in [2.05, 4.69) is 4.74 Å². The zero-order valence-corrected chi connectivity index (χ0v) is 19.3. The van der Waals surface area contributed by atoms with Crippen LogP contribution in [0.1, 0.15) is 47.5 Å². The van der Waals surface area contributed by atoms with E-state index in [1.54, 1.807) is 6.92 Å². The number of ether oxygens (including phenoxy) is 3. The van der Waals surface area contributed by atoms with Crippen molar-refractivity contribution in [2.24, 2.45) is 40.9 Å². The van der Waals surface area contributed by atoms with Gasteiger partial charge in [-0.25, -0.2) is 0 Å². The van der Waals surface area contributed by atoms with E-state index >= 15 is 0 Å². The van der Waals surface area contributed by atoms with Gasteiger partial charge in [0, 0.05) is 11.8 Å². The van der Waals surface area contributed by atoms with Gasteiger partial charge in [-0.05, 0) is 31.6 Å². The van der Waals surface area contributed by atoms with Crippen molar-refractivity contribution in [2.75, 3.05) is 0 Å². The maximum Gasteiger partial charge on any atom is 0.434 e. The van der Waals surface area contributed by atoms with E-state index < -0.39 is 77.7 Å². The Labute approximate surface area is 192 Å². The second-order valence-electron chi connectivity index (χ2n) is 10.5. The summed E-state index contributed by atoms with van der Waals surface area (Å²) >= 11 is 0. The summed E-state index contributed by atoms with van der Waals surface area (Å²) in [5.41, 5.74) is -0.939. The van der Waals surface area contributed by atoms with Crippen LogP contribution >= 0.6 is 0 Å². The second kappa shape index (κ2) is 8.58. The molecular weight excluding hydrogens is 474 g/mol. The Morgan fingerprint density at radius 3 is 2.06 bits per heavy atom. The molecule has 7 atom stereocenters. The van der Waals surface area contributed by atoms with E-state index in [9.17, 15) is 40.7 Å². The molecule has 0 N–H and O–H groups in total. The first-order valence-corrected chi connectivity index (χ1v) is 11.1. The summed E-state index contributed by atoms with van der Waals surface area (Å²) < 4.78 is 92.3. The molecular formula is C22H28F6O6. The van der Waals surface area contributed by atoms with Gasteiger partial charge in [0.05, 0.1) is 17.3 Å². The summed E-state index contributed by atoms with van der Waals surface area (Å²) in [6.45, 7) is 9.19. The Kier molecular flexibility index (Phi) is 6.71. The number of fused-ring (bicyclic) bond motifs is 1. The van der Waals surface area contributed by atoms with E-state index in [0.29, 0.717) is 6.42 Å². The largest absolute Gasteiger partial charge is 0.458 e. The van der Waals surface area contributed by atoms with Crippen LogP contribution in [0.15, 0.2) is 0 Å². The molecule has 0 spiro atoms. The fourth-order valence-electron chi connectivity index (χ4n) is 5.64. The smallest absolute Gasteiger partial charge is 0.434 e. The zero-order valence-electron chi connectivity index (χ0n) is 19.3. The van der Waals surface area contributed by atoms with Gasteiger partial charge in [-0.15, -0.1) is 0 Å². The van der Waals surface area contributed by atoms with Crippen LogP contribution in [0.25, 0.3) is 0 Å². The lowest BCUT2D eigenvalue weighted by atomic mass is 9.73. The highest BCUT2D eigenvalue weighted by Gasteiger charge is 2.71. The van der Waals surface area contributed by atoms with Crippen molar-refractivity contribution < 1.29 is 54.9 Å². The Bertz CT molecular complexity index is 823. The molecule has 0 radical (unpaired) electrons. The number of esters is 3. The Morgan fingerprint density at radius 1 is 1.03 bits per heavy atom. The molecule has 0 aromatic carbocycles. The molecule has 194 valence electrons. The number of hydrogen-bond acceptors (Lipinski definition) is 6. The van der Waals surface area contributed by atoms with Gasteiger partial charge in [0.25, 0.3) is 6.10 Å². The zero-order chi connectivity index (χ0) is 26.0. The first kappa shape index (κ1) is 26.6. The van der Waals surface area contributed by atoms with Crippen molar-refractivity contribution in [3.63, 3.8) is 0 Å². The van der Waals surface area contributed by atoms with Crippen molar-refractivity contribution in [3.05, 3.63) is 0 Å². The first-order valence-electron chi connectivity index (χ1n) is 11.1. The van der Waals surface area contributed by atoms with Crippen molar-refractivity contribution in [1.29, 1.82) is 0 Å². The van der Waals surface area contributed by atoms with Gasteiger partial charge in [0.15, 0.2) is 0 Å². The highest BCUT2D eigenvalue weighted by Crippen LogP contribution is 2.59. The monoisotopic (exact) mass is 502 g/mol. The molecule has 2 bridgehead atoms. The predicted molar refractivity (Wildman–Crippen MR) is 103 cm³/mol. The van der Waals surface area contributed by atoms with Gasteiger partial charge in [-0.1, -0.05) is 27.7 Å². The van der Waals surface area contributed by atoms with Gasteiger partial charge in [-0.3, -0.25) is 14.4 Å². The fourth-order valence-corrected chi connectivity index (χ4v) is 5.64. The average molecular weight is 502 g/mol. The molecule has 0 aromatic rings. The molecule has 0 amide bonds. The van der Waals surface area contributed by atoms with Crippen molar-refractivity contribution in [3.8, 4) is 0 Å². The van der Waals surface area contributed by atoms with Crippen LogP contribution in [0.3, 0.4) is 0 Å². The number of alkyl halides is 6. The Balaban J connectivity index is 1.85. The van der Waals surface area contributed by atoms with Gasteiger partial charge >= 0.3 is 30.3 Å². The summed E-state index contributed by atoms with van der Waals surface area (Å²) in [5, 5.41) is 0. The van der Waals surface area contributed by atoms with Crippen molar-refractivity contribution in [2.45, 2.75) is 78.1 Å². The lowest BCUT2D eigenvalue weighted by Gasteiger charge is -2.37. The normalized spacial score (nSPS) is 32.4. The van der Waals surface area contributed by atoms with E-state index in [0.717, 1.165) is 0 Å². The molecule has 1 heterocycles. The number of halogens is 6. The first-order chi connectivity index (χ1) is 15.4. The van der Waals surface area contributed by atoms with Crippen LogP contribution < -0.4 is 0 Å². The van der Waals surface area contributed by atoms with Crippen LogP contribution in [0.2, 0.25) is 0 Å². The highest BCUT2D eigenvalue weighted by atomic mass is 19.4. The van der Waals surface area contributed by atoms with Gasteiger partial charge < -0.3 is 14.2 Å². The van der Waals surface area contributed by atoms with Gasteiger partial charge in [0.1, 0.15) is 12.2 Å². The summed E-state index contributed by atoms with van der Waals surface area (Å²) in [6, 6.07) is 0. The fraction of sp³-hybridized carbons (Fsp3) is 0.864. The standard InChI is InChI=1S/C22H28F6O6/c1-8(2)7-20(5,9(3)4)19(31)33-15-11-6-10-12(16(29)32-14(10)15)13(11)17(30)34-18(21(23,24)25)22(26,27)28/h8-15,18H,6-7H2,1-5H3. The van der Waals surface area contributed by atoms with E-state index in [1.807, 2.05) is 27.7 Å². The van der Waals surface area contributed by atoms with E-state index in [1.165, 1.54) is 0 Å². The molecule has 2 aliphatic carbocycles. The average Bonchev–Trinajstić information content (AvgIpc) is 3.26. The number of rotatable bonds is 7. The quantitative estimate of drug-likeness (QED) is 0.291. The third kappa shape index (κ3) is 4.48. The Morgan fingerprint density at radius 2 is 1.59 bits per heavy atom. The van der Waals surface area contributed by atoms with Crippen LogP contribution in [-0.4, -0.2) is 48.6 Å². The van der Waals surface area contributed by atoms with Crippen LogP contribution in [0, 0.1) is 40.9 Å². The minimum Gasteiger partial charge on any atom is -0.458 e. The molecule has 7 unspecified atom stereocenters. The molecule has 1 saturated heterocycles. The molecule has 3 rings (SSSR count). The van der Waals surface area contributed by atoms with Gasteiger partial charge in [0.2, 0.25) is 0 Å². The predicted octanol–water partition coefficient (Wildman–Crippen LogP) is 4.45. The minimum atomic E-state index is -5.88. The second-order valence-corrected chi connectivity index (χ2v) is 10.5. The SMILES string of the molecule is CC(C)CC(C)(C(=O)OC1C2CC3C1OC(=O)C3C2C(=O)OC(C(F)(F)F)C(F)(F)F)C(C)C. The molecule has 3 aliphatic rings. The third-order valence-corrected chi connectivity index (χ3v) is 7.46. The maximum absolute atomic E-state index is 13.2. The number of hydrogen-bond donors (Lipinski definition) is 0. The lowest BCUT2D eigenvalue weighted by Crippen LogP contribution is -2.50. The van der Waals surface area contributed by atoms with Crippen LogP contribution in [0.4, 0.5) is 26.3 Å². The molecule has 1 aliphatic heterocycles. The summed E-state index contributed by atoms with van der Waals surface area (Å²) in [6.07, 6.45) is -17.6. The molecule has 6 nitrogen and oxygen atoms in total.